The van der Waals surface area contributed by atoms with Gasteiger partial charge in [0.25, 0.3) is 0 Å². The molecule has 0 unspecified atom stereocenters. The average molecular weight is 265 g/mol. The molecule has 0 spiro atoms. The third-order valence-corrected chi connectivity index (χ3v) is 2.95. The lowest BCUT2D eigenvalue weighted by atomic mass is 10.1. The number of methoxy groups -OCH3 is 1. The number of nitrogens with two attached hydrogens (primary N) is 1. The van der Waals surface area contributed by atoms with Crippen LogP contribution in [0.15, 0.2) is 29.4 Å². The molecular weight excluding hydrogens is 242 g/mol. The van der Waals surface area contributed by atoms with Gasteiger partial charge >= 0.3 is 0 Å². The largest absolute Gasteiger partial charge is 0.409 e. The van der Waals surface area contributed by atoms with Gasteiger partial charge in [-0.2, -0.15) is 0 Å². The molecule has 3 N–H and O–H groups in total. The number of aryl methyl sites for hydroxylation is 1. The van der Waals surface area contributed by atoms with Crippen molar-refractivity contribution in [3.8, 4) is 0 Å². The topological polar surface area (TPSA) is 71.1 Å². The molecule has 19 heavy (non-hydrogen) atoms. The Hall–Kier alpha value is -1.59. The molecule has 0 aromatic heterocycles. The number of benzene rings is 1. The molecule has 0 atom stereocenters. The Labute approximate surface area is 114 Å². The Morgan fingerprint density at radius 2 is 2.00 bits per heavy atom. The van der Waals surface area contributed by atoms with Gasteiger partial charge in [0.05, 0.1) is 6.61 Å². The summed E-state index contributed by atoms with van der Waals surface area (Å²) >= 11 is 0. The van der Waals surface area contributed by atoms with E-state index >= 15 is 0 Å². The Kier molecular flexibility index (Phi) is 6.92. The van der Waals surface area contributed by atoms with E-state index in [0.29, 0.717) is 13.0 Å². The van der Waals surface area contributed by atoms with Crippen LogP contribution in [0.4, 0.5) is 0 Å². The van der Waals surface area contributed by atoms with Gasteiger partial charge < -0.3 is 15.7 Å². The van der Waals surface area contributed by atoms with Crippen LogP contribution in [0, 0.1) is 6.92 Å². The lowest BCUT2D eigenvalue weighted by molar-refractivity contribution is 0.145. The Bertz CT molecular complexity index is 390. The summed E-state index contributed by atoms with van der Waals surface area (Å²) in [6.07, 6.45) is 0.548. The van der Waals surface area contributed by atoms with Crippen LogP contribution in [0.25, 0.3) is 0 Å². The van der Waals surface area contributed by atoms with Gasteiger partial charge in [-0.3, -0.25) is 4.90 Å². The molecule has 1 rings (SSSR count). The maximum absolute atomic E-state index is 8.56. The third-order valence-electron chi connectivity index (χ3n) is 2.95. The average Bonchev–Trinajstić information content (AvgIpc) is 2.43. The molecule has 0 heterocycles. The number of ether oxygens (including phenoxy) is 1. The maximum Gasteiger partial charge on any atom is 0.140 e. The molecule has 0 saturated carbocycles. The van der Waals surface area contributed by atoms with E-state index in [9.17, 15) is 0 Å². The van der Waals surface area contributed by atoms with Crippen LogP contribution < -0.4 is 5.73 Å². The van der Waals surface area contributed by atoms with Crippen LogP contribution in [0.1, 0.15) is 17.5 Å². The van der Waals surface area contributed by atoms with Gasteiger partial charge in [-0.25, -0.2) is 0 Å². The SMILES string of the molecule is COCCN(CCC(N)=NO)Cc1ccc(C)cc1. The van der Waals surface area contributed by atoms with Crippen molar-refractivity contribution >= 4 is 5.84 Å². The minimum absolute atomic E-state index is 0.256. The fourth-order valence-corrected chi connectivity index (χ4v) is 1.76. The highest BCUT2D eigenvalue weighted by molar-refractivity contribution is 5.79. The highest BCUT2D eigenvalue weighted by Gasteiger charge is 2.07. The zero-order chi connectivity index (χ0) is 14.1. The number of oxime groups is 1. The summed E-state index contributed by atoms with van der Waals surface area (Å²) in [5, 5.41) is 11.6. The summed E-state index contributed by atoms with van der Waals surface area (Å²) in [5.74, 6) is 0.256. The molecule has 0 saturated heterocycles. The van der Waals surface area contributed by atoms with Crippen molar-refractivity contribution in [3.63, 3.8) is 0 Å². The van der Waals surface area contributed by atoms with Crippen LogP contribution >= 0.6 is 0 Å². The van der Waals surface area contributed by atoms with E-state index in [2.05, 4.69) is 41.2 Å². The molecule has 5 nitrogen and oxygen atoms in total. The number of nitrogens with zero attached hydrogens (tertiary/aromatic N) is 2. The fraction of sp³-hybridized carbons (Fsp3) is 0.500. The summed E-state index contributed by atoms with van der Waals surface area (Å²) in [7, 11) is 1.69. The van der Waals surface area contributed by atoms with E-state index in [0.717, 1.165) is 19.6 Å². The molecule has 1 aromatic rings. The molecule has 0 aliphatic heterocycles. The predicted molar refractivity (Wildman–Crippen MR) is 76.4 cm³/mol. The molecular formula is C14H23N3O2. The second-order valence-electron chi connectivity index (χ2n) is 4.60. The van der Waals surface area contributed by atoms with E-state index < -0.39 is 0 Å². The highest BCUT2D eigenvalue weighted by Crippen LogP contribution is 2.07. The first kappa shape index (κ1) is 15.5. The summed E-state index contributed by atoms with van der Waals surface area (Å²) in [5.41, 5.74) is 8.01. The number of hydrogen-bond donors (Lipinski definition) is 2. The predicted octanol–water partition coefficient (Wildman–Crippen LogP) is 1.58. The monoisotopic (exact) mass is 265 g/mol. The van der Waals surface area contributed by atoms with Gasteiger partial charge in [-0.15, -0.1) is 0 Å². The number of hydrogen-bond acceptors (Lipinski definition) is 4. The van der Waals surface area contributed by atoms with Crippen molar-refractivity contribution in [1.82, 2.24) is 4.90 Å². The van der Waals surface area contributed by atoms with Crippen molar-refractivity contribution in [3.05, 3.63) is 35.4 Å². The second-order valence-corrected chi connectivity index (χ2v) is 4.60. The zero-order valence-corrected chi connectivity index (χ0v) is 11.7. The van der Waals surface area contributed by atoms with E-state index in [1.54, 1.807) is 7.11 Å². The van der Waals surface area contributed by atoms with E-state index in [-0.39, 0.29) is 5.84 Å². The summed E-state index contributed by atoms with van der Waals surface area (Å²) in [6, 6.07) is 8.46. The van der Waals surface area contributed by atoms with Crippen LogP contribution in [0.2, 0.25) is 0 Å². The lowest BCUT2D eigenvalue weighted by Gasteiger charge is -2.21. The molecule has 5 heteroatoms. The quantitative estimate of drug-likeness (QED) is 0.324. The van der Waals surface area contributed by atoms with Crippen molar-refractivity contribution in [2.75, 3.05) is 26.8 Å². The molecule has 0 radical (unpaired) electrons. The van der Waals surface area contributed by atoms with E-state index in [1.807, 2.05) is 0 Å². The van der Waals surface area contributed by atoms with Crippen LogP contribution in [0.3, 0.4) is 0 Å². The van der Waals surface area contributed by atoms with Crippen molar-refractivity contribution in [2.45, 2.75) is 19.9 Å². The lowest BCUT2D eigenvalue weighted by Crippen LogP contribution is -2.30. The third kappa shape index (κ3) is 6.22. The number of rotatable bonds is 8. The molecule has 0 fully saturated rings. The smallest absolute Gasteiger partial charge is 0.140 e. The molecule has 0 amide bonds. The van der Waals surface area contributed by atoms with Crippen LogP contribution in [-0.4, -0.2) is 42.7 Å². The summed E-state index contributed by atoms with van der Waals surface area (Å²) in [6.45, 7) is 5.14. The molecule has 0 aliphatic carbocycles. The zero-order valence-electron chi connectivity index (χ0n) is 11.7. The second kappa shape index (κ2) is 8.50. The van der Waals surface area contributed by atoms with Crippen LogP contribution in [-0.2, 0) is 11.3 Å². The van der Waals surface area contributed by atoms with Gasteiger partial charge in [0.1, 0.15) is 5.84 Å². The van der Waals surface area contributed by atoms with Gasteiger partial charge in [0, 0.05) is 33.2 Å². The highest BCUT2D eigenvalue weighted by atomic mass is 16.5. The van der Waals surface area contributed by atoms with Crippen molar-refractivity contribution in [2.24, 2.45) is 10.9 Å². The first-order valence-electron chi connectivity index (χ1n) is 6.39. The molecule has 1 aromatic carbocycles. The Balaban J connectivity index is 2.55. The molecule has 106 valence electrons. The molecule has 0 aliphatic rings. The minimum Gasteiger partial charge on any atom is -0.409 e. The Morgan fingerprint density at radius 1 is 1.32 bits per heavy atom. The van der Waals surface area contributed by atoms with Crippen molar-refractivity contribution in [1.29, 1.82) is 0 Å². The van der Waals surface area contributed by atoms with Gasteiger partial charge in [-0.05, 0) is 12.5 Å². The standard InChI is InChI=1S/C14H23N3O2/c1-12-3-5-13(6-4-12)11-17(9-10-19-2)8-7-14(15)16-18/h3-6,18H,7-11H2,1-2H3,(H2,15,16). The minimum atomic E-state index is 0.256. The van der Waals surface area contributed by atoms with E-state index in [4.69, 9.17) is 15.7 Å². The summed E-state index contributed by atoms with van der Waals surface area (Å²) in [4.78, 5) is 2.23. The van der Waals surface area contributed by atoms with Gasteiger partial charge in [-0.1, -0.05) is 35.0 Å². The number of amidine groups is 1. The summed E-state index contributed by atoms with van der Waals surface area (Å²) < 4.78 is 5.11. The van der Waals surface area contributed by atoms with Gasteiger partial charge in [0.15, 0.2) is 0 Å². The van der Waals surface area contributed by atoms with E-state index in [1.165, 1.54) is 11.1 Å². The first-order valence-corrected chi connectivity index (χ1v) is 6.39. The van der Waals surface area contributed by atoms with Crippen molar-refractivity contribution < 1.29 is 9.94 Å². The first-order chi connectivity index (χ1) is 9.15. The molecule has 0 bridgehead atoms. The normalized spacial score (nSPS) is 12.1. The fourth-order valence-electron chi connectivity index (χ4n) is 1.76. The van der Waals surface area contributed by atoms with Gasteiger partial charge in [0.2, 0.25) is 0 Å². The van der Waals surface area contributed by atoms with Crippen LogP contribution in [0.5, 0.6) is 0 Å². The Morgan fingerprint density at radius 3 is 2.58 bits per heavy atom. The maximum atomic E-state index is 8.56.